The van der Waals surface area contributed by atoms with E-state index < -0.39 is 34.4 Å². The molecular formula is C26H26Cl3N3O4S. The lowest BCUT2D eigenvalue weighted by atomic mass is 10.1. The van der Waals surface area contributed by atoms with Crippen LogP contribution in [0, 0.1) is 6.92 Å². The zero-order valence-corrected chi connectivity index (χ0v) is 23.5. The average Bonchev–Trinajstić information content (AvgIpc) is 2.86. The SMILES string of the molecule is CNC(=O)[C@@H](C)N(Cc1c(Cl)cccc1Cl)C(=O)CN(c1cccc(C)c1)S(=O)(=O)c1ccc(Cl)cc1. The minimum atomic E-state index is -4.18. The summed E-state index contributed by atoms with van der Waals surface area (Å²) in [6.07, 6.45) is 0. The number of benzene rings is 3. The van der Waals surface area contributed by atoms with E-state index in [1.807, 2.05) is 13.0 Å². The number of carbonyl (C=O) groups excluding carboxylic acids is 2. The molecule has 7 nitrogen and oxygen atoms in total. The van der Waals surface area contributed by atoms with Crippen LogP contribution in [0.1, 0.15) is 18.1 Å². The van der Waals surface area contributed by atoms with Gasteiger partial charge in [-0.15, -0.1) is 0 Å². The van der Waals surface area contributed by atoms with Crippen LogP contribution in [0.3, 0.4) is 0 Å². The second-order valence-corrected chi connectivity index (χ2v) is 11.4. The van der Waals surface area contributed by atoms with Crippen molar-refractivity contribution in [3.8, 4) is 0 Å². The third kappa shape index (κ3) is 6.76. The Morgan fingerprint density at radius 2 is 1.54 bits per heavy atom. The molecule has 0 saturated heterocycles. The first-order valence-corrected chi connectivity index (χ1v) is 13.8. The summed E-state index contributed by atoms with van der Waals surface area (Å²) >= 11 is 18.6. The number of sulfonamides is 1. The molecule has 0 radical (unpaired) electrons. The Morgan fingerprint density at radius 1 is 0.946 bits per heavy atom. The minimum Gasteiger partial charge on any atom is -0.357 e. The van der Waals surface area contributed by atoms with Crippen LogP contribution in [-0.2, 0) is 26.2 Å². The minimum absolute atomic E-state index is 0.0359. The van der Waals surface area contributed by atoms with E-state index in [1.54, 1.807) is 43.3 Å². The maximum Gasteiger partial charge on any atom is 0.264 e. The van der Waals surface area contributed by atoms with E-state index in [4.69, 9.17) is 34.8 Å². The number of hydrogen-bond acceptors (Lipinski definition) is 4. The zero-order valence-electron chi connectivity index (χ0n) is 20.4. The quantitative estimate of drug-likeness (QED) is 0.370. The number of hydrogen-bond donors (Lipinski definition) is 1. The lowest BCUT2D eigenvalue weighted by Crippen LogP contribution is -2.50. The van der Waals surface area contributed by atoms with Gasteiger partial charge in [-0.1, -0.05) is 53.0 Å². The number of carbonyl (C=O) groups is 2. The van der Waals surface area contributed by atoms with Crippen LogP contribution in [-0.4, -0.2) is 44.8 Å². The molecular weight excluding hydrogens is 557 g/mol. The van der Waals surface area contributed by atoms with Crippen LogP contribution in [0.25, 0.3) is 0 Å². The fourth-order valence-corrected chi connectivity index (χ4v) is 5.74. The van der Waals surface area contributed by atoms with E-state index in [2.05, 4.69) is 5.32 Å². The van der Waals surface area contributed by atoms with Crippen LogP contribution < -0.4 is 9.62 Å². The highest BCUT2D eigenvalue weighted by Crippen LogP contribution is 2.29. The summed E-state index contributed by atoms with van der Waals surface area (Å²) in [6, 6.07) is 16.4. The number of nitrogens with zero attached hydrogens (tertiary/aromatic N) is 2. The molecule has 37 heavy (non-hydrogen) atoms. The number of rotatable bonds is 9. The highest BCUT2D eigenvalue weighted by atomic mass is 35.5. The van der Waals surface area contributed by atoms with Gasteiger partial charge in [0.05, 0.1) is 10.6 Å². The summed E-state index contributed by atoms with van der Waals surface area (Å²) in [5, 5.41) is 3.54. The zero-order chi connectivity index (χ0) is 27.3. The van der Waals surface area contributed by atoms with Crippen LogP contribution in [0.5, 0.6) is 0 Å². The predicted octanol–water partition coefficient (Wildman–Crippen LogP) is 5.31. The summed E-state index contributed by atoms with van der Waals surface area (Å²) in [4.78, 5) is 27.5. The van der Waals surface area contributed by atoms with Crippen molar-refractivity contribution in [2.75, 3.05) is 17.9 Å². The van der Waals surface area contributed by atoms with Gasteiger partial charge in [-0.05, 0) is 67.9 Å². The van der Waals surface area contributed by atoms with Crippen molar-refractivity contribution < 1.29 is 18.0 Å². The molecule has 0 fully saturated rings. The number of amides is 2. The van der Waals surface area contributed by atoms with Gasteiger partial charge in [-0.2, -0.15) is 0 Å². The molecule has 0 saturated carbocycles. The summed E-state index contributed by atoms with van der Waals surface area (Å²) in [5.74, 6) is -1.05. The molecule has 0 aliphatic rings. The first-order valence-electron chi connectivity index (χ1n) is 11.2. The van der Waals surface area contributed by atoms with Crippen molar-refractivity contribution in [3.63, 3.8) is 0 Å². The number of anilines is 1. The van der Waals surface area contributed by atoms with Gasteiger partial charge in [0.15, 0.2) is 0 Å². The van der Waals surface area contributed by atoms with Crippen LogP contribution >= 0.6 is 34.8 Å². The number of aryl methyl sites for hydroxylation is 1. The smallest absolute Gasteiger partial charge is 0.264 e. The first kappa shape index (κ1) is 28.8. The maximum atomic E-state index is 13.8. The molecule has 0 spiro atoms. The maximum absolute atomic E-state index is 13.8. The summed E-state index contributed by atoms with van der Waals surface area (Å²) in [6.45, 7) is 2.69. The van der Waals surface area contributed by atoms with E-state index in [0.717, 1.165) is 9.87 Å². The van der Waals surface area contributed by atoms with Gasteiger partial charge in [0.25, 0.3) is 10.0 Å². The summed E-state index contributed by atoms with van der Waals surface area (Å²) < 4.78 is 28.5. The number of halogens is 3. The molecule has 3 aromatic rings. The van der Waals surface area contributed by atoms with Gasteiger partial charge in [0.2, 0.25) is 11.8 Å². The van der Waals surface area contributed by atoms with Crippen molar-refractivity contribution in [2.45, 2.75) is 31.3 Å². The van der Waals surface area contributed by atoms with Gasteiger partial charge < -0.3 is 10.2 Å². The van der Waals surface area contributed by atoms with E-state index in [-0.39, 0.29) is 11.4 Å². The normalized spacial score (nSPS) is 12.1. The molecule has 2 amide bonds. The van der Waals surface area contributed by atoms with E-state index in [1.165, 1.54) is 36.2 Å². The Kier molecular flexibility index (Phi) is 9.47. The molecule has 196 valence electrons. The highest BCUT2D eigenvalue weighted by molar-refractivity contribution is 7.92. The fourth-order valence-electron chi connectivity index (χ4n) is 3.69. The Balaban J connectivity index is 2.07. The Bertz CT molecular complexity index is 1380. The molecule has 0 bridgehead atoms. The lowest BCUT2D eigenvalue weighted by Gasteiger charge is -2.32. The van der Waals surface area contributed by atoms with Crippen molar-refractivity contribution >= 4 is 62.3 Å². The molecule has 3 rings (SSSR count). The molecule has 0 aromatic heterocycles. The summed E-state index contributed by atoms with van der Waals surface area (Å²) in [7, 11) is -2.73. The molecule has 3 aromatic carbocycles. The van der Waals surface area contributed by atoms with E-state index in [9.17, 15) is 18.0 Å². The van der Waals surface area contributed by atoms with E-state index in [0.29, 0.717) is 26.3 Å². The third-order valence-electron chi connectivity index (χ3n) is 5.77. The molecule has 0 unspecified atom stereocenters. The van der Waals surface area contributed by atoms with Crippen molar-refractivity contribution in [1.82, 2.24) is 10.2 Å². The number of likely N-dealkylation sites (N-methyl/N-ethyl adjacent to an activating group) is 1. The Labute approximate surface area is 232 Å². The fraction of sp³-hybridized carbons (Fsp3) is 0.231. The molecule has 1 N–H and O–H groups in total. The van der Waals surface area contributed by atoms with Crippen molar-refractivity contribution in [3.05, 3.63) is 92.9 Å². The summed E-state index contributed by atoms with van der Waals surface area (Å²) in [5.41, 5.74) is 1.55. The second-order valence-electron chi connectivity index (χ2n) is 8.32. The highest BCUT2D eigenvalue weighted by Gasteiger charge is 2.33. The van der Waals surface area contributed by atoms with Gasteiger partial charge >= 0.3 is 0 Å². The standard InChI is InChI=1S/C26H26Cl3N3O4S/c1-17-6-4-7-20(14-17)32(37(35,36)21-12-10-19(27)11-13-21)16-25(33)31(18(2)26(34)30-3)15-22-23(28)8-5-9-24(22)29/h4-14,18H,15-16H2,1-3H3,(H,30,34)/t18-/m1/s1. The first-order chi connectivity index (χ1) is 17.4. The van der Waals surface area contributed by atoms with Crippen LogP contribution in [0.15, 0.2) is 71.6 Å². The second kappa shape index (κ2) is 12.2. The van der Waals surface area contributed by atoms with Gasteiger partial charge in [0, 0.05) is 34.2 Å². The van der Waals surface area contributed by atoms with Gasteiger partial charge in [-0.3, -0.25) is 13.9 Å². The third-order valence-corrected chi connectivity index (χ3v) is 8.52. The topological polar surface area (TPSA) is 86.8 Å². The number of nitrogens with one attached hydrogen (secondary N) is 1. The largest absolute Gasteiger partial charge is 0.357 e. The predicted molar refractivity (Wildman–Crippen MR) is 148 cm³/mol. The van der Waals surface area contributed by atoms with Crippen LogP contribution in [0.2, 0.25) is 15.1 Å². The van der Waals surface area contributed by atoms with Gasteiger partial charge in [0.1, 0.15) is 12.6 Å². The van der Waals surface area contributed by atoms with Crippen LogP contribution in [0.4, 0.5) is 5.69 Å². The monoisotopic (exact) mass is 581 g/mol. The van der Waals surface area contributed by atoms with Gasteiger partial charge in [-0.25, -0.2) is 8.42 Å². The van der Waals surface area contributed by atoms with E-state index >= 15 is 0 Å². The lowest BCUT2D eigenvalue weighted by molar-refractivity contribution is -0.139. The molecule has 0 heterocycles. The molecule has 0 aliphatic heterocycles. The average molecular weight is 583 g/mol. The molecule has 11 heteroatoms. The van der Waals surface area contributed by atoms with Crippen molar-refractivity contribution in [2.24, 2.45) is 0 Å². The molecule has 0 aliphatic carbocycles. The molecule has 1 atom stereocenters. The van der Waals surface area contributed by atoms with Crippen molar-refractivity contribution in [1.29, 1.82) is 0 Å². The Hall–Kier alpha value is -2.78. The Morgan fingerprint density at radius 3 is 2.11 bits per heavy atom.